The zero-order valence-corrected chi connectivity index (χ0v) is 15.5. The molecule has 2 aromatic rings. The van der Waals surface area contributed by atoms with Gasteiger partial charge in [-0.2, -0.15) is 5.10 Å². The van der Waals surface area contributed by atoms with Crippen molar-refractivity contribution in [2.75, 3.05) is 31.1 Å². The van der Waals surface area contributed by atoms with Crippen molar-refractivity contribution in [3.05, 3.63) is 48.2 Å². The maximum Gasteiger partial charge on any atom is 0.251 e. The quantitative estimate of drug-likeness (QED) is 0.782. The van der Waals surface area contributed by atoms with E-state index < -0.39 is 0 Å². The summed E-state index contributed by atoms with van der Waals surface area (Å²) >= 11 is 0. The highest BCUT2D eigenvalue weighted by Crippen LogP contribution is 2.26. The Morgan fingerprint density at radius 2 is 2.04 bits per heavy atom. The Bertz CT molecular complexity index is 817. The first-order valence-electron chi connectivity index (χ1n) is 9.54. The number of aromatic nitrogens is 2. The summed E-state index contributed by atoms with van der Waals surface area (Å²) in [7, 11) is 0. The highest BCUT2D eigenvalue weighted by Gasteiger charge is 2.31. The van der Waals surface area contributed by atoms with Crippen LogP contribution in [0.25, 0.3) is 0 Å². The molecule has 3 heterocycles. The van der Waals surface area contributed by atoms with Gasteiger partial charge in [0, 0.05) is 38.0 Å². The Hall–Kier alpha value is -2.84. The van der Waals surface area contributed by atoms with E-state index in [1.54, 1.807) is 47.5 Å². The van der Waals surface area contributed by atoms with Crippen molar-refractivity contribution in [1.82, 2.24) is 20.8 Å². The van der Waals surface area contributed by atoms with Gasteiger partial charge in [0.1, 0.15) is 0 Å². The third kappa shape index (κ3) is 4.02. The van der Waals surface area contributed by atoms with E-state index in [4.69, 9.17) is 4.74 Å². The van der Waals surface area contributed by atoms with Crippen LogP contribution in [0.2, 0.25) is 0 Å². The molecule has 0 saturated carbocycles. The maximum atomic E-state index is 12.9. The van der Waals surface area contributed by atoms with Gasteiger partial charge >= 0.3 is 0 Å². The molecule has 0 aliphatic carbocycles. The second kappa shape index (κ2) is 8.45. The molecule has 8 nitrogen and oxygen atoms in total. The molecule has 2 amide bonds. The van der Waals surface area contributed by atoms with Crippen molar-refractivity contribution < 1.29 is 14.3 Å². The lowest BCUT2D eigenvalue weighted by Crippen LogP contribution is -2.51. The summed E-state index contributed by atoms with van der Waals surface area (Å²) in [5.41, 5.74) is 1.20. The highest BCUT2D eigenvalue weighted by atomic mass is 16.5. The van der Waals surface area contributed by atoms with E-state index in [9.17, 15) is 9.59 Å². The molecule has 146 valence electrons. The van der Waals surface area contributed by atoms with Crippen LogP contribution in [-0.2, 0) is 9.53 Å². The van der Waals surface area contributed by atoms with Gasteiger partial charge in [-0.1, -0.05) is 0 Å². The molecule has 0 radical (unpaired) electrons. The average Bonchev–Trinajstić information content (AvgIpc) is 3.20. The zero-order chi connectivity index (χ0) is 19.3. The number of rotatable bonds is 6. The van der Waals surface area contributed by atoms with E-state index in [2.05, 4.69) is 20.8 Å². The fourth-order valence-corrected chi connectivity index (χ4v) is 3.31. The number of hydrogen-bond donors (Lipinski definition) is 2. The van der Waals surface area contributed by atoms with Gasteiger partial charge in [-0.25, -0.2) is 0 Å². The topological polar surface area (TPSA) is 96.5 Å². The predicted molar refractivity (Wildman–Crippen MR) is 103 cm³/mol. The molecule has 2 fully saturated rings. The number of anilines is 2. The normalized spacial score (nSPS) is 19.1. The highest BCUT2D eigenvalue weighted by molar-refractivity contribution is 6.02. The predicted octanol–water partition coefficient (Wildman–Crippen LogP) is 1.27. The minimum Gasteiger partial charge on any atom is -0.376 e. The van der Waals surface area contributed by atoms with Crippen LogP contribution in [-0.4, -0.2) is 54.4 Å². The van der Waals surface area contributed by atoms with Gasteiger partial charge in [-0.15, -0.1) is 5.10 Å². The molecule has 28 heavy (non-hydrogen) atoms. The van der Waals surface area contributed by atoms with Crippen LogP contribution < -0.4 is 15.5 Å². The molecule has 1 atom stereocenters. The second-order valence-electron chi connectivity index (χ2n) is 7.00. The monoisotopic (exact) mass is 381 g/mol. The van der Waals surface area contributed by atoms with Crippen molar-refractivity contribution in [1.29, 1.82) is 0 Å². The van der Waals surface area contributed by atoms with E-state index in [1.807, 2.05) is 0 Å². The number of carbonyl (C=O) groups excluding carboxylic acids is 2. The van der Waals surface area contributed by atoms with Gasteiger partial charge in [0.15, 0.2) is 5.82 Å². The van der Waals surface area contributed by atoms with Gasteiger partial charge in [0.25, 0.3) is 5.91 Å². The van der Waals surface area contributed by atoms with Gasteiger partial charge in [0.05, 0.1) is 17.7 Å². The summed E-state index contributed by atoms with van der Waals surface area (Å²) < 4.78 is 5.53. The minimum absolute atomic E-state index is 0.0326. The average molecular weight is 381 g/mol. The summed E-state index contributed by atoms with van der Waals surface area (Å²) in [5.74, 6) is 0.198. The summed E-state index contributed by atoms with van der Waals surface area (Å²) in [6.07, 6.45) is 3.69. The number of ether oxygens (including phenoxy) is 1. The molecule has 2 aliphatic rings. The smallest absolute Gasteiger partial charge is 0.251 e. The molecular formula is C20H23N5O3. The van der Waals surface area contributed by atoms with Crippen molar-refractivity contribution in [3.8, 4) is 0 Å². The zero-order valence-electron chi connectivity index (χ0n) is 15.5. The molecule has 2 saturated heterocycles. The van der Waals surface area contributed by atoms with Crippen LogP contribution in [0.3, 0.4) is 0 Å². The first-order valence-corrected chi connectivity index (χ1v) is 9.54. The lowest BCUT2D eigenvalue weighted by Gasteiger charge is -2.31. The third-order valence-electron chi connectivity index (χ3n) is 5.04. The summed E-state index contributed by atoms with van der Waals surface area (Å²) in [6, 6.07) is 10.5. The Balaban J connectivity index is 1.49. The number of nitrogens with one attached hydrogen (secondary N) is 2. The number of benzene rings is 1. The minimum atomic E-state index is -0.150. The van der Waals surface area contributed by atoms with E-state index in [0.717, 1.165) is 19.4 Å². The SMILES string of the molecule is O=C(NC[C@H]1CCCO1)c1ccc(N(C(=O)C2CNC2)c2cccnn2)cc1. The Kier molecular flexibility index (Phi) is 5.59. The Morgan fingerprint density at radius 3 is 2.64 bits per heavy atom. The van der Waals surface area contributed by atoms with Gasteiger partial charge in [-0.3, -0.25) is 14.5 Å². The van der Waals surface area contributed by atoms with E-state index in [-0.39, 0.29) is 23.8 Å². The van der Waals surface area contributed by atoms with Crippen LogP contribution in [0, 0.1) is 5.92 Å². The molecule has 2 N–H and O–H groups in total. The van der Waals surface area contributed by atoms with E-state index in [1.165, 1.54) is 0 Å². The lowest BCUT2D eigenvalue weighted by molar-refractivity contribution is -0.123. The fourth-order valence-electron chi connectivity index (χ4n) is 3.31. The molecule has 2 aliphatic heterocycles. The molecular weight excluding hydrogens is 358 g/mol. The molecule has 1 aromatic carbocycles. The maximum absolute atomic E-state index is 12.9. The second-order valence-corrected chi connectivity index (χ2v) is 7.00. The fraction of sp³-hybridized carbons (Fsp3) is 0.400. The molecule has 0 bridgehead atoms. The largest absolute Gasteiger partial charge is 0.376 e. The molecule has 0 unspecified atom stereocenters. The molecule has 1 aromatic heterocycles. The van der Waals surface area contributed by atoms with Crippen LogP contribution in [0.4, 0.5) is 11.5 Å². The number of carbonyl (C=O) groups is 2. The van der Waals surface area contributed by atoms with Crippen LogP contribution in [0.1, 0.15) is 23.2 Å². The molecule has 0 spiro atoms. The first-order chi connectivity index (χ1) is 13.7. The Labute approximate surface area is 163 Å². The van der Waals surface area contributed by atoms with Gasteiger partial charge < -0.3 is 15.4 Å². The molecule has 4 rings (SSSR count). The number of amides is 2. The first kappa shape index (κ1) is 18.5. The molecule has 8 heteroatoms. The van der Waals surface area contributed by atoms with Crippen LogP contribution in [0.15, 0.2) is 42.6 Å². The van der Waals surface area contributed by atoms with Crippen molar-refractivity contribution in [3.63, 3.8) is 0 Å². The third-order valence-corrected chi connectivity index (χ3v) is 5.04. The summed E-state index contributed by atoms with van der Waals surface area (Å²) in [6.45, 7) is 2.58. The lowest BCUT2D eigenvalue weighted by atomic mass is 10.0. The van der Waals surface area contributed by atoms with Crippen LogP contribution >= 0.6 is 0 Å². The standard InChI is InChI=1S/C20H23N5O3/c26-19(22-13-17-3-2-10-28-17)14-5-7-16(8-6-14)25(18-4-1-9-23-24-18)20(27)15-11-21-12-15/h1,4-9,15,17,21H,2-3,10-13H2,(H,22,26)/t17-/m1/s1. The van der Waals surface area contributed by atoms with Crippen molar-refractivity contribution in [2.24, 2.45) is 5.92 Å². The van der Waals surface area contributed by atoms with Gasteiger partial charge in [0.2, 0.25) is 5.91 Å². The van der Waals surface area contributed by atoms with E-state index in [0.29, 0.717) is 36.7 Å². The van der Waals surface area contributed by atoms with Gasteiger partial charge in [-0.05, 0) is 49.2 Å². The van der Waals surface area contributed by atoms with Crippen molar-refractivity contribution in [2.45, 2.75) is 18.9 Å². The van der Waals surface area contributed by atoms with E-state index >= 15 is 0 Å². The summed E-state index contributed by atoms with van der Waals surface area (Å²) in [4.78, 5) is 26.9. The van der Waals surface area contributed by atoms with Crippen LogP contribution in [0.5, 0.6) is 0 Å². The summed E-state index contributed by atoms with van der Waals surface area (Å²) in [5, 5.41) is 14.0. The Morgan fingerprint density at radius 1 is 1.21 bits per heavy atom. The number of hydrogen-bond acceptors (Lipinski definition) is 6. The van der Waals surface area contributed by atoms with Crippen molar-refractivity contribution >= 4 is 23.3 Å². The number of nitrogens with zero attached hydrogens (tertiary/aromatic N) is 3.